The molecule has 0 saturated heterocycles. The van der Waals surface area contributed by atoms with E-state index in [4.69, 9.17) is 0 Å². The maximum absolute atomic E-state index is 9.73. The lowest BCUT2D eigenvalue weighted by atomic mass is 10.0. The zero-order valence-corrected chi connectivity index (χ0v) is 15.3. The molecule has 0 atom stereocenters. The van der Waals surface area contributed by atoms with Crippen LogP contribution in [0.5, 0.6) is 0 Å². The molecular formula is C22H22N4O2. The van der Waals surface area contributed by atoms with Crippen LogP contribution in [0.3, 0.4) is 0 Å². The van der Waals surface area contributed by atoms with Crippen molar-refractivity contribution in [3.63, 3.8) is 0 Å². The number of hydrazone groups is 2. The molecule has 0 aliphatic heterocycles. The molecule has 0 bridgehead atoms. The van der Waals surface area contributed by atoms with Gasteiger partial charge in [-0.15, -0.1) is 0 Å². The fourth-order valence-corrected chi connectivity index (χ4v) is 2.55. The zero-order valence-electron chi connectivity index (χ0n) is 15.3. The lowest BCUT2D eigenvalue weighted by Gasteiger charge is -2.09. The quantitative estimate of drug-likeness (QED) is 0.360. The maximum Gasteiger partial charge on any atom is 0.0933 e. The third-order valence-corrected chi connectivity index (χ3v) is 4.02. The summed E-state index contributed by atoms with van der Waals surface area (Å²) in [4.78, 5) is 0. The predicted molar refractivity (Wildman–Crippen MR) is 114 cm³/mol. The molecule has 0 heterocycles. The molecule has 0 unspecified atom stereocenters. The van der Waals surface area contributed by atoms with Crippen LogP contribution in [0.4, 0.5) is 11.4 Å². The van der Waals surface area contributed by atoms with Gasteiger partial charge in [0.15, 0.2) is 0 Å². The summed E-state index contributed by atoms with van der Waals surface area (Å²) in [5, 5.41) is 28.1. The molecule has 0 fully saturated rings. The molecule has 0 amide bonds. The van der Waals surface area contributed by atoms with Gasteiger partial charge in [-0.3, -0.25) is 10.9 Å². The van der Waals surface area contributed by atoms with Gasteiger partial charge in [-0.2, -0.15) is 10.2 Å². The molecule has 3 rings (SSSR count). The van der Waals surface area contributed by atoms with Crippen molar-refractivity contribution in [2.75, 3.05) is 24.1 Å². The Bertz CT molecular complexity index is 866. The van der Waals surface area contributed by atoms with Gasteiger partial charge >= 0.3 is 0 Å². The number of aliphatic hydroxyl groups excluding tert-OH is 2. The van der Waals surface area contributed by atoms with E-state index in [1.807, 2.05) is 84.9 Å². The van der Waals surface area contributed by atoms with Gasteiger partial charge < -0.3 is 10.2 Å². The molecule has 0 aliphatic rings. The number of benzene rings is 3. The molecule has 0 saturated carbocycles. The molecular weight excluding hydrogens is 352 g/mol. The molecule has 6 nitrogen and oxygen atoms in total. The third kappa shape index (κ3) is 5.26. The second-order valence-corrected chi connectivity index (χ2v) is 5.97. The minimum Gasteiger partial charge on any atom is -0.390 e. The van der Waals surface area contributed by atoms with Gasteiger partial charge in [0.05, 0.1) is 36.0 Å². The first-order valence-electron chi connectivity index (χ1n) is 8.88. The lowest BCUT2D eigenvalue weighted by Crippen LogP contribution is -2.13. The van der Waals surface area contributed by atoms with Crippen LogP contribution < -0.4 is 10.9 Å². The monoisotopic (exact) mass is 374 g/mol. The Labute approximate surface area is 163 Å². The Morgan fingerprint density at radius 3 is 1.43 bits per heavy atom. The van der Waals surface area contributed by atoms with Crippen LogP contribution in [0.25, 0.3) is 0 Å². The van der Waals surface area contributed by atoms with Gasteiger partial charge in [-0.1, -0.05) is 54.6 Å². The average Bonchev–Trinajstić information content (AvgIpc) is 2.76. The van der Waals surface area contributed by atoms with Crippen LogP contribution in [0.2, 0.25) is 0 Å². The van der Waals surface area contributed by atoms with Crippen molar-refractivity contribution < 1.29 is 10.2 Å². The summed E-state index contributed by atoms with van der Waals surface area (Å²) in [6.07, 6.45) is 0. The van der Waals surface area contributed by atoms with E-state index in [2.05, 4.69) is 21.1 Å². The summed E-state index contributed by atoms with van der Waals surface area (Å²) in [7, 11) is 0. The molecule has 0 aliphatic carbocycles. The topological polar surface area (TPSA) is 89.2 Å². The van der Waals surface area contributed by atoms with Crippen LogP contribution in [0.1, 0.15) is 11.1 Å². The van der Waals surface area contributed by atoms with Crippen molar-refractivity contribution in [2.45, 2.75) is 0 Å². The van der Waals surface area contributed by atoms with Gasteiger partial charge in [0.25, 0.3) is 0 Å². The van der Waals surface area contributed by atoms with E-state index in [1.54, 1.807) is 0 Å². The van der Waals surface area contributed by atoms with Crippen molar-refractivity contribution in [2.24, 2.45) is 10.2 Å². The number of para-hydroxylation sites is 2. The molecule has 0 aromatic heterocycles. The van der Waals surface area contributed by atoms with Crippen molar-refractivity contribution in [3.8, 4) is 0 Å². The Balaban J connectivity index is 1.80. The highest BCUT2D eigenvalue weighted by molar-refractivity contribution is 6.06. The number of rotatable bonds is 8. The predicted octanol–water partition coefficient (Wildman–Crippen LogP) is 3.30. The van der Waals surface area contributed by atoms with Crippen LogP contribution in [0, 0.1) is 0 Å². The van der Waals surface area contributed by atoms with E-state index in [-0.39, 0.29) is 13.2 Å². The molecule has 28 heavy (non-hydrogen) atoms. The lowest BCUT2D eigenvalue weighted by molar-refractivity contribution is 0.357. The van der Waals surface area contributed by atoms with Gasteiger partial charge in [-0.05, 0) is 30.3 Å². The number of hydrogen-bond acceptors (Lipinski definition) is 6. The summed E-state index contributed by atoms with van der Waals surface area (Å²) < 4.78 is 0. The van der Waals surface area contributed by atoms with Crippen LogP contribution in [-0.4, -0.2) is 34.9 Å². The van der Waals surface area contributed by atoms with Crippen LogP contribution >= 0.6 is 0 Å². The number of aliphatic hydroxyl groups is 2. The third-order valence-electron chi connectivity index (χ3n) is 4.02. The van der Waals surface area contributed by atoms with Gasteiger partial charge in [0.2, 0.25) is 0 Å². The van der Waals surface area contributed by atoms with Crippen molar-refractivity contribution in [3.05, 3.63) is 96.1 Å². The molecule has 6 heteroatoms. The number of nitrogens with zero attached hydrogens (tertiary/aromatic N) is 2. The Morgan fingerprint density at radius 2 is 1.04 bits per heavy atom. The Hall–Kier alpha value is -3.48. The van der Waals surface area contributed by atoms with E-state index >= 15 is 0 Å². The fourth-order valence-electron chi connectivity index (χ4n) is 2.55. The highest BCUT2D eigenvalue weighted by atomic mass is 16.3. The maximum atomic E-state index is 9.73. The van der Waals surface area contributed by atoms with Crippen LogP contribution in [0.15, 0.2) is 95.1 Å². The van der Waals surface area contributed by atoms with Crippen LogP contribution in [-0.2, 0) is 0 Å². The highest BCUT2D eigenvalue weighted by Gasteiger charge is 2.08. The minimum absolute atomic E-state index is 0.225. The van der Waals surface area contributed by atoms with Crippen molar-refractivity contribution in [1.82, 2.24) is 0 Å². The second kappa shape index (κ2) is 10.0. The largest absolute Gasteiger partial charge is 0.390 e. The highest BCUT2D eigenvalue weighted by Crippen LogP contribution is 2.11. The smallest absolute Gasteiger partial charge is 0.0933 e. The summed E-state index contributed by atoms with van der Waals surface area (Å²) >= 11 is 0. The van der Waals surface area contributed by atoms with Gasteiger partial charge in [0.1, 0.15) is 0 Å². The standard InChI is InChI=1S/C22H22N4O2/c27-15-21(25-23-19-10-3-1-4-11-19)17-8-7-9-18(14-17)22(16-28)26-24-20-12-5-2-6-13-20/h1-14,23-24,27-28H,15-16H2. The first-order valence-corrected chi connectivity index (χ1v) is 8.88. The average molecular weight is 374 g/mol. The zero-order chi connectivity index (χ0) is 19.6. The summed E-state index contributed by atoms with van der Waals surface area (Å²) in [6.45, 7) is -0.450. The Kier molecular flexibility index (Phi) is 6.89. The molecule has 4 N–H and O–H groups in total. The molecule has 0 spiro atoms. The van der Waals surface area contributed by atoms with Crippen molar-refractivity contribution >= 4 is 22.8 Å². The normalized spacial score (nSPS) is 11.9. The minimum atomic E-state index is -0.225. The molecule has 142 valence electrons. The molecule has 3 aromatic carbocycles. The van der Waals surface area contributed by atoms with E-state index in [0.717, 1.165) is 22.5 Å². The van der Waals surface area contributed by atoms with Gasteiger partial charge in [-0.25, -0.2) is 0 Å². The van der Waals surface area contributed by atoms with E-state index in [9.17, 15) is 10.2 Å². The SMILES string of the molecule is OCC(=NNc1ccccc1)c1cccc(C(CO)=NNc2ccccc2)c1. The van der Waals surface area contributed by atoms with Crippen molar-refractivity contribution in [1.29, 1.82) is 0 Å². The first-order chi connectivity index (χ1) is 13.8. The van der Waals surface area contributed by atoms with E-state index in [0.29, 0.717) is 11.4 Å². The van der Waals surface area contributed by atoms with E-state index < -0.39 is 0 Å². The fraction of sp³-hybridized carbons (Fsp3) is 0.0909. The van der Waals surface area contributed by atoms with Gasteiger partial charge in [0, 0.05) is 11.1 Å². The summed E-state index contributed by atoms with van der Waals surface area (Å²) in [5.41, 5.74) is 9.99. The first kappa shape index (κ1) is 19.3. The summed E-state index contributed by atoms with van der Waals surface area (Å²) in [6, 6.07) is 26.4. The number of nitrogens with one attached hydrogen (secondary N) is 2. The molecule has 3 aromatic rings. The van der Waals surface area contributed by atoms with E-state index in [1.165, 1.54) is 0 Å². The number of hydrogen-bond donors (Lipinski definition) is 4. The Morgan fingerprint density at radius 1 is 0.607 bits per heavy atom. The number of anilines is 2. The second-order valence-electron chi connectivity index (χ2n) is 5.97. The summed E-state index contributed by atoms with van der Waals surface area (Å²) in [5.74, 6) is 0. The molecule has 0 radical (unpaired) electrons.